The maximum Gasteiger partial charge on any atom is 0.253 e. The third-order valence-electron chi connectivity index (χ3n) is 5.72. The van der Waals surface area contributed by atoms with Crippen LogP contribution in [0.15, 0.2) is 48.8 Å². The predicted octanol–water partition coefficient (Wildman–Crippen LogP) is 2.75. The fourth-order valence-corrected chi connectivity index (χ4v) is 4.07. The Morgan fingerprint density at radius 3 is 2.90 bits per heavy atom. The SMILES string of the molecule is O=C(NC1[CH]C1)c1cccc2ccn(Cc3ccc(N4CCCC(O)C4)cn3)c12. The van der Waals surface area contributed by atoms with Crippen molar-refractivity contribution >= 4 is 22.5 Å². The molecule has 1 saturated carbocycles. The molecule has 2 aliphatic rings. The molecule has 2 unspecified atom stereocenters. The Balaban J connectivity index is 1.38. The van der Waals surface area contributed by atoms with Crippen LogP contribution in [-0.4, -0.2) is 45.8 Å². The highest BCUT2D eigenvalue weighted by molar-refractivity contribution is 6.06. The molecule has 1 aliphatic carbocycles. The third kappa shape index (κ3) is 3.85. The molecule has 5 rings (SSSR count). The number of aliphatic hydroxyl groups is 1. The standard InChI is InChI=1S/C23H25N4O2/c28-20-4-2-11-26(15-20)19-9-8-18(24-13-19)14-27-12-10-16-3-1-5-21(22(16)27)23(29)25-17-6-7-17/h1,3,5-6,8-10,12-13,17,20,28H,2,4,7,11,14-15H2,(H,25,29). The minimum Gasteiger partial charge on any atom is -0.391 e. The highest BCUT2D eigenvalue weighted by Gasteiger charge is 2.25. The number of carbonyl (C=O) groups is 1. The summed E-state index contributed by atoms with van der Waals surface area (Å²) in [5.41, 5.74) is 3.63. The van der Waals surface area contributed by atoms with Crippen molar-refractivity contribution in [2.45, 2.75) is 38.0 Å². The number of rotatable bonds is 5. The van der Waals surface area contributed by atoms with E-state index in [9.17, 15) is 9.90 Å². The van der Waals surface area contributed by atoms with Gasteiger partial charge in [0.15, 0.2) is 0 Å². The number of fused-ring (bicyclic) bond motifs is 1. The maximum atomic E-state index is 12.7. The second-order valence-corrected chi connectivity index (χ2v) is 7.99. The molecule has 2 N–H and O–H groups in total. The first-order chi connectivity index (χ1) is 14.2. The van der Waals surface area contributed by atoms with Crippen molar-refractivity contribution in [1.82, 2.24) is 14.9 Å². The van der Waals surface area contributed by atoms with Gasteiger partial charge in [-0.2, -0.15) is 0 Å². The first-order valence-corrected chi connectivity index (χ1v) is 10.3. The minimum absolute atomic E-state index is 0.0266. The van der Waals surface area contributed by atoms with Crippen molar-refractivity contribution in [3.63, 3.8) is 0 Å². The van der Waals surface area contributed by atoms with Crippen LogP contribution in [0.25, 0.3) is 10.9 Å². The quantitative estimate of drug-likeness (QED) is 0.704. The first kappa shape index (κ1) is 18.2. The third-order valence-corrected chi connectivity index (χ3v) is 5.72. The summed E-state index contributed by atoms with van der Waals surface area (Å²) in [5, 5.41) is 14.0. The average Bonchev–Trinajstić information content (AvgIpc) is 3.46. The van der Waals surface area contributed by atoms with Crippen molar-refractivity contribution in [1.29, 1.82) is 0 Å². The molecule has 0 bridgehead atoms. The van der Waals surface area contributed by atoms with Crippen LogP contribution in [0.4, 0.5) is 5.69 Å². The smallest absolute Gasteiger partial charge is 0.253 e. The Bertz CT molecular complexity index is 1020. The molecule has 0 spiro atoms. The number of nitrogens with one attached hydrogen (secondary N) is 1. The van der Waals surface area contributed by atoms with Gasteiger partial charge in [-0.1, -0.05) is 12.1 Å². The van der Waals surface area contributed by atoms with Crippen LogP contribution >= 0.6 is 0 Å². The number of carbonyl (C=O) groups excluding carboxylic acids is 1. The number of para-hydroxylation sites is 1. The Hall–Kier alpha value is -2.86. The summed E-state index contributed by atoms with van der Waals surface area (Å²) < 4.78 is 2.09. The molecule has 6 nitrogen and oxygen atoms in total. The number of hydrogen-bond acceptors (Lipinski definition) is 4. The van der Waals surface area contributed by atoms with Crippen LogP contribution in [-0.2, 0) is 6.54 Å². The fraction of sp³-hybridized carbons (Fsp3) is 0.348. The van der Waals surface area contributed by atoms with Crippen molar-refractivity contribution in [3.8, 4) is 0 Å². The lowest BCUT2D eigenvalue weighted by Crippen LogP contribution is -2.38. The molecule has 1 aliphatic heterocycles. The number of piperidine rings is 1. The van der Waals surface area contributed by atoms with E-state index in [1.165, 1.54) is 0 Å². The number of hydrogen-bond donors (Lipinski definition) is 2. The number of pyridine rings is 1. The highest BCUT2D eigenvalue weighted by Crippen LogP contribution is 2.24. The summed E-state index contributed by atoms with van der Waals surface area (Å²) in [4.78, 5) is 19.5. The van der Waals surface area contributed by atoms with E-state index in [2.05, 4.69) is 32.3 Å². The summed E-state index contributed by atoms with van der Waals surface area (Å²) in [6, 6.07) is 12.2. The van der Waals surface area contributed by atoms with Crippen molar-refractivity contribution in [3.05, 3.63) is 66.5 Å². The highest BCUT2D eigenvalue weighted by atomic mass is 16.3. The summed E-state index contributed by atoms with van der Waals surface area (Å²) in [5.74, 6) is -0.0266. The van der Waals surface area contributed by atoms with Gasteiger partial charge in [0.2, 0.25) is 0 Å². The average molecular weight is 389 g/mol. The van der Waals surface area contributed by atoms with Gasteiger partial charge in [-0.25, -0.2) is 0 Å². The van der Waals surface area contributed by atoms with Crippen molar-refractivity contribution in [2.24, 2.45) is 0 Å². The molecule has 2 atom stereocenters. The molecule has 2 fully saturated rings. The van der Waals surface area contributed by atoms with E-state index in [1.807, 2.05) is 42.7 Å². The number of nitrogens with zero attached hydrogens (tertiary/aromatic N) is 3. The number of anilines is 1. The molecule has 2 aromatic heterocycles. The molecule has 6 heteroatoms. The Morgan fingerprint density at radius 1 is 1.24 bits per heavy atom. The zero-order chi connectivity index (χ0) is 19.8. The normalized spacial score (nSPS) is 19.5. The fourth-order valence-electron chi connectivity index (χ4n) is 4.07. The van der Waals surface area contributed by atoms with Gasteiger partial charge in [0.25, 0.3) is 5.91 Å². The van der Waals surface area contributed by atoms with Crippen LogP contribution in [0.2, 0.25) is 0 Å². The Kier molecular flexibility index (Phi) is 4.72. The number of benzene rings is 1. The van der Waals surface area contributed by atoms with E-state index in [-0.39, 0.29) is 18.1 Å². The second kappa shape index (κ2) is 7.52. The van der Waals surface area contributed by atoms with E-state index in [1.54, 1.807) is 0 Å². The van der Waals surface area contributed by atoms with Crippen molar-refractivity contribution in [2.75, 3.05) is 18.0 Å². The van der Waals surface area contributed by atoms with Gasteiger partial charge in [-0.15, -0.1) is 0 Å². The van der Waals surface area contributed by atoms with E-state index in [0.29, 0.717) is 18.7 Å². The van der Waals surface area contributed by atoms with Crippen LogP contribution < -0.4 is 10.2 Å². The first-order valence-electron chi connectivity index (χ1n) is 10.3. The van der Waals surface area contributed by atoms with E-state index >= 15 is 0 Å². The second-order valence-electron chi connectivity index (χ2n) is 7.99. The lowest BCUT2D eigenvalue weighted by Gasteiger charge is -2.31. The Labute approximate surface area is 170 Å². The van der Waals surface area contributed by atoms with E-state index in [4.69, 9.17) is 0 Å². The maximum absolute atomic E-state index is 12.7. The molecule has 1 aromatic carbocycles. The van der Waals surface area contributed by atoms with Gasteiger partial charge < -0.3 is 19.9 Å². The molecule has 3 heterocycles. The Morgan fingerprint density at radius 2 is 2.14 bits per heavy atom. The zero-order valence-electron chi connectivity index (χ0n) is 16.3. The zero-order valence-corrected chi connectivity index (χ0v) is 16.3. The van der Waals surface area contributed by atoms with Gasteiger partial charge in [-0.3, -0.25) is 9.78 Å². The van der Waals surface area contributed by atoms with Gasteiger partial charge in [0.05, 0.1) is 41.3 Å². The van der Waals surface area contributed by atoms with Crippen LogP contribution in [0.5, 0.6) is 0 Å². The molecular formula is C23H25N4O2. The number of β-amino-alcohol motifs (C(OH)–C–C–N with tert-alkyl or cyclic N) is 1. The topological polar surface area (TPSA) is 70.4 Å². The van der Waals surface area contributed by atoms with Gasteiger partial charge >= 0.3 is 0 Å². The van der Waals surface area contributed by atoms with Gasteiger partial charge in [0, 0.05) is 30.7 Å². The molecule has 29 heavy (non-hydrogen) atoms. The molecule has 1 amide bonds. The molecule has 3 aromatic rings. The molecule has 1 radical (unpaired) electrons. The molecule has 149 valence electrons. The number of aliphatic hydroxyl groups excluding tert-OH is 1. The molecular weight excluding hydrogens is 364 g/mol. The summed E-state index contributed by atoms with van der Waals surface area (Å²) >= 11 is 0. The summed E-state index contributed by atoms with van der Waals surface area (Å²) in [7, 11) is 0. The van der Waals surface area contributed by atoms with E-state index < -0.39 is 0 Å². The van der Waals surface area contributed by atoms with Gasteiger partial charge in [0.1, 0.15) is 0 Å². The monoisotopic (exact) mass is 389 g/mol. The van der Waals surface area contributed by atoms with Crippen LogP contribution in [0.1, 0.15) is 35.3 Å². The molecule has 1 saturated heterocycles. The lowest BCUT2D eigenvalue weighted by molar-refractivity contribution is 0.0953. The largest absolute Gasteiger partial charge is 0.391 e. The predicted molar refractivity (Wildman–Crippen MR) is 113 cm³/mol. The lowest BCUT2D eigenvalue weighted by atomic mass is 10.1. The van der Waals surface area contributed by atoms with Crippen LogP contribution in [0.3, 0.4) is 0 Å². The minimum atomic E-state index is -0.257. The number of aromatic nitrogens is 2. The van der Waals surface area contributed by atoms with Gasteiger partial charge in [-0.05, 0) is 49.9 Å². The number of amides is 1. The van der Waals surface area contributed by atoms with Crippen LogP contribution in [0, 0.1) is 6.42 Å². The van der Waals surface area contributed by atoms with E-state index in [0.717, 1.165) is 48.1 Å². The van der Waals surface area contributed by atoms with Crippen molar-refractivity contribution < 1.29 is 9.90 Å². The summed E-state index contributed by atoms with van der Waals surface area (Å²) in [6.07, 6.45) is 8.56. The summed E-state index contributed by atoms with van der Waals surface area (Å²) in [6.45, 7) is 2.23.